The summed E-state index contributed by atoms with van der Waals surface area (Å²) in [5.41, 5.74) is 7.19. The Kier molecular flexibility index (Phi) is 10.7. The average molecular weight is 695 g/mol. The van der Waals surface area contributed by atoms with Gasteiger partial charge in [0.05, 0.1) is 13.2 Å². The Balaban J connectivity index is 1.13. The summed E-state index contributed by atoms with van der Waals surface area (Å²) >= 11 is 4.74. The number of phenols is 2. The van der Waals surface area contributed by atoms with Crippen LogP contribution >= 0.6 is 27.7 Å². The maximum Gasteiger partial charge on any atom is 0.509 e. The van der Waals surface area contributed by atoms with Gasteiger partial charge in [-0.2, -0.15) is 0 Å². The second-order valence-corrected chi connectivity index (χ2v) is 12.6. The summed E-state index contributed by atoms with van der Waals surface area (Å²) in [5.74, 6) is -0.0797. The average Bonchev–Trinajstić information content (AvgIpc) is 3.37. The lowest BCUT2D eigenvalue weighted by atomic mass is 9.93. The molecule has 44 heavy (non-hydrogen) atoms. The second-order valence-electron chi connectivity index (χ2n) is 10.7. The Bertz CT molecular complexity index is 1480. The van der Waals surface area contributed by atoms with E-state index >= 15 is 0 Å². The molecule has 0 unspecified atom stereocenters. The van der Waals surface area contributed by atoms with Crippen molar-refractivity contribution in [3.05, 3.63) is 22.9 Å². The summed E-state index contributed by atoms with van der Waals surface area (Å²) in [5, 5.41) is 20.5. The van der Waals surface area contributed by atoms with Crippen LogP contribution in [0.25, 0.3) is 11.2 Å². The van der Waals surface area contributed by atoms with Crippen LogP contribution in [0.2, 0.25) is 0 Å². The van der Waals surface area contributed by atoms with Crippen LogP contribution in [0.4, 0.5) is 10.6 Å². The number of phenolic OH excluding ortho intramolecular Hbond substituents is 2. The Morgan fingerprint density at radius 2 is 1.86 bits per heavy atom. The number of likely N-dealkylation sites (tertiary alicyclic amines) is 1. The maximum absolute atomic E-state index is 13.0. The summed E-state index contributed by atoms with van der Waals surface area (Å²) in [6.07, 6.45) is 2.05. The monoisotopic (exact) mass is 693 g/mol. The first kappa shape index (κ1) is 32.1. The highest BCUT2D eigenvalue weighted by Crippen LogP contribution is 2.40. The molecule has 14 nitrogen and oxygen atoms in total. The van der Waals surface area contributed by atoms with Gasteiger partial charge in [0.15, 0.2) is 39.7 Å². The van der Waals surface area contributed by atoms with Gasteiger partial charge in [-0.05, 0) is 60.2 Å². The maximum atomic E-state index is 13.0. The van der Waals surface area contributed by atoms with Crippen molar-refractivity contribution < 1.29 is 34.0 Å². The van der Waals surface area contributed by atoms with Gasteiger partial charge in [0.25, 0.3) is 5.91 Å². The number of nitrogen functional groups attached to an aromatic ring is 1. The van der Waals surface area contributed by atoms with E-state index in [1.807, 2.05) is 4.57 Å². The number of benzene rings is 1. The van der Waals surface area contributed by atoms with Crippen molar-refractivity contribution in [3.8, 4) is 11.5 Å². The zero-order chi connectivity index (χ0) is 31.2. The zero-order valence-electron chi connectivity index (χ0n) is 24.4. The SMILES string of the molecule is C[C@H](OC(=O)OCCN1CCOCC1)C(=O)N1CCC(CCn2c(Sc3cc(O)c(O)cc3Br)nc3c(N)ncnc32)CC1. The molecule has 2 aromatic heterocycles. The van der Waals surface area contributed by atoms with E-state index < -0.39 is 12.3 Å². The minimum absolute atomic E-state index is 0.199. The number of amides is 1. The highest BCUT2D eigenvalue weighted by atomic mass is 79.9. The minimum Gasteiger partial charge on any atom is -0.504 e. The molecule has 1 aromatic carbocycles. The molecule has 1 atom stereocenters. The van der Waals surface area contributed by atoms with Crippen molar-refractivity contribution in [2.75, 3.05) is 58.3 Å². The van der Waals surface area contributed by atoms with Crippen molar-refractivity contribution >= 4 is 56.7 Å². The van der Waals surface area contributed by atoms with E-state index in [4.69, 9.17) is 19.9 Å². The minimum atomic E-state index is -0.928. The Labute approximate surface area is 267 Å². The Morgan fingerprint density at radius 3 is 2.61 bits per heavy atom. The molecule has 5 rings (SSSR count). The van der Waals surface area contributed by atoms with Gasteiger partial charge < -0.3 is 39.6 Å². The number of nitrogens with zero attached hydrogens (tertiary/aromatic N) is 6. The number of hydrogen-bond acceptors (Lipinski definition) is 13. The first-order valence-electron chi connectivity index (χ1n) is 14.5. The predicted molar refractivity (Wildman–Crippen MR) is 164 cm³/mol. The van der Waals surface area contributed by atoms with Crippen molar-refractivity contribution in [2.45, 2.75) is 48.9 Å². The first-order chi connectivity index (χ1) is 21.2. The summed E-state index contributed by atoms with van der Waals surface area (Å²) in [6.45, 7) is 7.03. The number of morpholine rings is 1. The molecule has 238 valence electrons. The normalized spacial score (nSPS) is 17.1. The van der Waals surface area contributed by atoms with Gasteiger partial charge in [0.1, 0.15) is 12.9 Å². The van der Waals surface area contributed by atoms with Gasteiger partial charge in [-0.3, -0.25) is 9.69 Å². The van der Waals surface area contributed by atoms with E-state index in [1.54, 1.807) is 11.8 Å². The molecule has 2 aliphatic rings. The van der Waals surface area contributed by atoms with Gasteiger partial charge in [0, 0.05) is 48.6 Å². The van der Waals surface area contributed by atoms with Crippen LogP contribution in [0.15, 0.2) is 33.0 Å². The third kappa shape index (κ3) is 7.83. The molecule has 0 spiro atoms. The lowest BCUT2D eigenvalue weighted by Crippen LogP contribution is -2.44. The molecule has 2 aliphatic heterocycles. The molecule has 0 radical (unpaired) electrons. The Morgan fingerprint density at radius 1 is 1.14 bits per heavy atom. The molecule has 0 saturated carbocycles. The van der Waals surface area contributed by atoms with Gasteiger partial charge in [-0.15, -0.1) is 0 Å². The fourth-order valence-electron chi connectivity index (χ4n) is 5.24. The molecule has 1 amide bonds. The third-order valence-electron chi connectivity index (χ3n) is 7.79. The van der Waals surface area contributed by atoms with Gasteiger partial charge >= 0.3 is 6.16 Å². The number of nitrogens with two attached hydrogens (primary N) is 1. The number of piperidine rings is 1. The van der Waals surface area contributed by atoms with E-state index in [9.17, 15) is 19.8 Å². The topological polar surface area (TPSA) is 178 Å². The fourth-order valence-corrected chi connectivity index (χ4v) is 6.77. The number of carbonyl (C=O) groups is 2. The highest BCUT2D eigenvalue weighted by Gasteiger charge is 2.29. The molecule has 4 N–H and O–H groups in total. The van der Waals surface area contributed by atoms with Crippen LogP contribution in [0, 0.1) is 5.92 Å². The summed E-state index contributed by atoms with van der Waals surface area (Å²) in [7, 11) is 0. The third-order valence-corrected chi connectivity index (χ3v) is 9.77. The number of rotatable bonds is 10. The summed E-state index contributed by atoms with van der Waals surface area (Å²) in [4.78, 5) is 42.8. The Hall–Kier alpha value is -3.34. The molecule has 2 saturated heterocycles. The van der Waals surface area contributed by atoms with Crippen LogP contribution in [0.1, 0.15) is 26.2 Å². The number of fused-ring (bicyclic) bond motifs is 1. The molecular weight excluding hydrogens is 658 g/mol. The van der Waals surface area contributed by atoms with Gasteiger partial charge in [-0.25, -0.2) is 19.7 Å². The van der Waals surface area contributed by atoms with E-state index in [1.165, 1.54) is 30.2 Å². The number of carbonyl (C=O) groups excluding carboxylic acids is 2. The number of ether oxygens (including phenoxy) is 3. The number of hydrogen-bond donors (Lipinski definition) is 3. The molecule has 3 aromatic rings. The van der Waals surface area contributed by atoms with Crippen molar-refractivity contribution in [3.63, 3.8) is 0 Å². The largest absolute Gasteiger partial charge is 0.509 e. The zero-order valence-corrected chi connectivity index (χ0v) is 26.8. The standard InChI is InChI=1S/C28H36BrN7O7S/c1-17(43-28(40)42-13-10-34-8-11-41-12-9-34)26(39)35-5-2-18(3-6-35)4-7-36-25-23(24(30)31-16-32-25)33-27(36)44-22-15-21(38)20(37)14-19(22)29/h14-18,37-38H,2-13H2,1H3,(H2,30,31,32)/t17-/m0/s1. The molecule has 0 bridgehead atoms. The van der Waals surface area contributed by atoms with E-state index in [0.717, 1.165) is 32.4 Å². The van der Waals surface area contributed by atoms with Crippen molar-refractivity contribution in [1.29, 1.82) is 0 Å². The summed E-state index contributed by atoms with van der Waals surface area (Å²) in [6, 6.07) is 2.89. The smallest absolute Gasteiger partial charge is 0.504 e. The number of anilines is 1. The fraction of sp³-hybridized carbons (Fsp3) is 0.536. The highest BCUT2D eigenvalue weighted by molar-refractivity contribution is 9.10. The van der Waals surface area contributed by atoms with Gasteiger partial charge in [0.2, 0.25) is 0 Å². The number of aryl methyl sites for hydroxylation is 1. The molecule has 2 fully saturated rings. The second kappa shape index (κ2) is 14.6. The predicted octanol–water partition coefficient (Wildman–Crippen LogP) is 3.24. The lowest BCUT2D eigenvalue weighted by molar-refractivity contribution is -0.142. The van der Waals surface area contributed by atoms with Crippen LogP contribution in [0.5, 0.6) is 11.5 Å². The summed E-state index contributed by atoms with van der Waals surface area (Å²) < 4.78 is 18.3. The van der Waals surface area contributed by atoms with Crippen LogP contribution in [-0.4, -0.2) is 110 Å². The van der Waals surface area contributed by atoms with Crippen molar-refractivity contribution in [1.82, 2.24) is 29.3 Å². The number of aromatic hydroxyl groups is 2. The molecule has 16 heteroatoms. The van der Waals surface area contributed by atoms with Crippen LogP contribution < -0.4 is 5.73 Å². The van der Waals surface area contributed by atoms with E-state index in [0.29, 0.717) is 71.0 Å². The molecule has 4 heterocycles. The number of imidazole rings is 1. The quantitative estimate of drug-likeness (QED) is 0.208. The van der Waals surface area contributed by atoms with Gasteiger partial charge in [-0.1, -0.05) is 11.8 Å². The van der Waals surface area contributed by atoms with Crippen LogP contribution in [0.3, 0.4) is 0 Å². The van der Waals surface area contributed by atoms with Crippen molar-refractivity contribution in [2.24, 2.45) is 5.92 Å². The first-order valence-corrected chi connectivity index (χ1v) is 16.1. The number of aromatic nitrogens is 4. The molecular formula is C28H36BrN7O7S. The number of halogens is 1. The van der Waals surface area contributed by atoms with E-state index in [2.05, 4.69) is 35.8 Å². The van der Waals surface area contributed by atoms with Crippen LogP contribution in [-0.2, 0) is 25.5 Å². The molecule has 0 aliphatic carbocycles. The lowest BCUT2D eigenvalue weighted by Gasteiger charge is -2.33. The van der Waals surface area contributed by atoms with E-state index in [-0.39, 0.29) is 29.8 Å².